The lowest BCUT2D eigenvalue weighted by molar-refractivity contribution is 0.102. The van der Waals surface area contributed by atoms with Crippen LogP contribution in [0.25, 0.3) is 0 Å². The zero-order valence-electron chi connectivity index (χ0n) is 15.6. The van der Waals surface area contributed by atoms with E-state index in [-0.39, 0.29) is 5.91 Å². The third-order valence-electron chi connectivity index (χ3n) is 4.14. The fourth-order valence-corrected chi connectivity index (χ4v) is 3.88. The van der Waals surface area contributed by atoms with Crippen molar-refractivity contribution in [2.75, 3.05) is 18.5 Å². The van der Waals surface area contributed by atoms with E-state index in [2.05, 4.69) is 15.5 Å². The quantitative estimate of drug-likeness (QED) is 0.584. The highest BCUT2D eigenvalue weighted by Crippen LogP contribution is 2.38. The molecule has 1 N–H and O–H groups in total. The number of halogens is 1. The van der Waals surface area contributed by atoms with Crippen LogP contribution in [-0.4, -0.2) is 29.3 Å². The molecule has 150 valence electrons. The Hall–Kier alpha value is -2.71. The van der Waals surface area contributed by atoms with Crippen LogP contribution in [0, 0.1) is 6.92 Å². The number of amides is 1. The number of ether oxygens (including phenoxy) is 2. The topological polar surface area (TPSA) is 86.5 Å². The number of fused-ring (bicyclic) bond motifs is 1. The summed E-state index contributed by atoms with van der Waals surface area (Å²) in [4.78, 5) is 17.9. The predicted molar refractivity (Wildman–Crippen MR) is 110 cm³/mol. The Morgan fingerprint density at radius 2 is 1.97 bits per heavy atom. The second kappa shape index (κ2) is 8.75. The van der Waals surface area contributed by atoms with Crippen LogP contribution in [-0.2, 0) is 5.75 Å². The Bertz CT molecular complexity index is 1040. The van der Waals surface area contributed by atoms with Gasteiger partial charge in [0.05, 0.1) is 35.2 Å². The number of thioether (sulfide) groups is 1. The minimum atomic E-state index is -0.272. The van der Waals surface area contributed by atoms with Crippen molar-refractivity contribution in [2.24, 2.45) is 0 Å². The van der Waals surface area contributed by atoms with Crippen molar-refractivity contribution < 1.29 is 18.8 Å². The molecule has 0 atom stereocenters. The molecule has 0 saturated heterocycles. The molecule has 9 heteroatoms. The number of aryl methyl sites for hydroxylation is 1. The first-order valence-corrected chi connectivity index (χ1v) is 10.4. The molecule has 1 aromatic heterocycles. The van der Waals surface area contributed by atoms with Gasteiger partial charge in [-0.1, -0.05) is 28.9 Å². The van der Waals surface area contributed by atoms with E-state index in [9.17, 15) is 4.79 Å². The summed E-state index contributed by atoms with van der Waals surface area (Å²) in [5.74, 6) is 2.43. The van der Waals surface area contributed by atoms with E-state index >= 15 is 0 Å². The number of carbonyl (C=O) groups excluding carboxylic acids is 1. The van der Waals surface area contributed by atoms with E-state index in [0.29, 0.717) is 58.5 Å². The lowest BCUT2D eigenvalue weighted by Crippen LogP contribution is -2.13. The molecule has 1 amide bonds. The van der Waals surface area contributed by atoms with Crippen LogP contribution in [0.15, 0.2) is 45.8 Å². The maximum Gasteiger partial charge on any atom is 0.256 e. The summed E-state index contributed by atoms with van der Waals surface area (Å²) in [5.41, 5.74) is 0.991. The summed E-state index contributed by atoms with van der Waals surface area (Å²) in [5, 5.41) is 7.03. The minimum Gasteiger partial charge on any atom is -0.490 e. The number of benzene rings is 2. The van der Waals surface area contributed by atoms with Gasteiger partial charge in [0.15, 0.2) is 17.3 Å². The van der Waals surface area contributed by atoms with Crippen LogP contribution in [0.4, 0.5) is 5.69 Å². The van der Waals surface area contributed by atoms with Gasteiger partial charge in [0.25, 0.3) is 5.91 Å². The average Bonchev–Trinajstić information content (AvgIpc) is 3.00. The summed E-state index contributed by atoms with van der Waals surface area (Å²) in [6.45, 7) is 2.88. The molecule has 0 spiro atoms. The Morgan fingerprint density at radius 1 is 1.21 bits per heavy atom. The summed E-state index contributed by atoms with van der Waals surface area (Å²) >= 11 is 7.79. The molecule has 1 aliphatic rings. The van der Waals surface area contributed by atoms with Gasteiger partial charge >= 0.3 is 0 Å². The molecule has 29 heavy (non-hydrogen) atoms. The van der Waals surface area contributed by atoms with Crippen molar-refractivity contribution in [2.45, 2.75) is 24.0 Å². The van der Waals surface area contributed by atoms with E-state index in [4.69, 9.17) is 25.6 Å². The second-order valence-corrected chi connectivity index (χ2v) is 7.73. The molecule has 7 nitrogen and oxygen atoms in total. The monoisotopic (exact) mass is 431 g/mol. The maximum atomic E-state index is 12.9. The van der Waals surface area contributed by atoms with Crippen LogP contribution in [0.5, 0.6) is 11.5 Å². The zero-order valence-corrected chi connectivity index (χ0v) is 17.2. The first kappa shape index (κ1) is 19.6. The van der Waals surface area contributed by atoms with E-state index in [1.54, 1.807) is 25.1 Å². The van der Waals surface area contributed by atoms with Crippen LogP contribution in [0.3, 0.4) is 0 Å². The number of nitrogens with zero attached hydrogens (tertiary/aromatic N) is 2. The number of nitrogens with one attached hydrogen (secondary N) is 1. The lowest BCUT2D eigenvalue weighted by atomic mass is 10.2. The summed E-state index contributed by atoms with van der Waals surface area (Å²) in [7, 11) is 0. The van der Waals surface area contributed by atoms with E-state index in [1.165, 1.54) is 11.8 Å². The number of rotatable bonds is 5. The maximum absolute atomic E-state index is 12.9. The third-order valence-corrected chi connectivity index (χ3v) is 5.51. The molecule has 0 bridgehead atoms. The van der Waals surface area contributed by atoms with Crippen LogP contribution in [0.1, 0.15) is 28.5 Å². The van der Waals surface area contributed by atoms with Crippen molar-refractivity contribution in [1.82, 2.24) is 10.1 Å². The SMILES string of the molecule is Cc1noc(CSc2ccccc2C(=O)Nc2cc3c(cc2Cl)OCCCO3)n1. The van der Waals surface area contributed by atoms with Gasteiger partial charge in [0.2, 0.25) is 5.89 Å². The Kier molecular flexibility index (Phi) is 5.92. The largest absolute Gasteiger partial charge is 0.490 e. The highest BCUT2D eigenvalue weighted by molar-refractivity contribution is 7.98. The number of anilines is 1. The standard InChI is InChI=1S/C20H18ClN3O4S/c1-12-22-19(28-24-12)11-29-18-6-3-2-5-13(18)20(25)23-15-10-17-16(9-14(15)21)26-7-4-8-27-17/h2-3,5-6,9-10H,4,7-8,11H2,1H3,(H,23,25). The molecular weight excluding hydrogens is 414 g/mol. The highest BCUT2D eigenvalue weighted by atomic mass is 35.5. The fourth-order valence-electron chi connectivity index (χ4n) is 2.79. The Balaban J connectivity index is 1.52. The fraction of sp³-hybridized carbons (Fsp3) is 0.250. The van der Waals surface area contributed by atoms with Gasteiger partial charge in [-0.2, -0.15) is 4.98 Å². The molecule has 0 saturated carbocycles. The molecule has 2 aromatic carbocycles. The summed E-state index contributed by atoms with van der Waals surface area (Å²) < 4.78 is 16.4. The van der Waals surface area contributed by atoms with Crippen molar-refractivity contribution in [3.8, 4) is 11.5 Å². The van der Waals surface area contributed by atoms with E-state index in [1.807, 2.05) is 18.2 Å². The lowest BCUT2D eigenvalue weighted by Gasteiger charge is -2.13. The van der Waals surface area contributed by atoms with Gasteiger partial charge in [-0.05, 0) is 19.1 Å². The molecule has 4 rings (SSSR count). The van der Waals surface area contributed by atoms with Gasteiger partial charge in [-0.25, -0.2) is 0 Å². The average molecular weight is 432 g/mol. The number of hydrogen-bond donors (Lipinski definition) is 1. The second-order valence-electron chi connectivity index (χ2n) is 6.30. The Morgan fingerprint density at radius 3 is 2.72 bits per heavy atom. The smallest absolute Gasteiger partial charge is 0.256 e. The van der Waals surface area contributed by atoms with Gasteiger partial charge in [-0.3, -0.25) is 4.79 Å². The van der Waals surface area contributed by atoms with Crippen LogP contribution >= 0.6 is 23.4 Å². The molecular formula is C20H18ClN3O4S. The van der Waals surface area contributed by atoms with Crippen molar-refractivity contribution in [3.63, 3.8) is 0 Å². The van der Waals surface area contributed by atoms with Crippen molar-refractivity contribution in [1.29, 1.82) is 0 Å². The highest BCUT2D eigenvalue weighted by Gasteiger charge is 2.18. The van der Waals surface area contributed by atoms with Gasteiger partial charge in [0, 0.05) is 23.4 Å². The summed E-state index contributed by atoms with van der Waals surface area (Å²) in [6, 6.07) is 10.7. The predicted octanol–water partition coefficient (Wildman–Crippen LogP) is 4.74. The van der Waals surface area contributed by atoms with E-state index in [0.717, 1.165) is 11.3 Å². The Labute approximate surface area is 176 Å². The first-order valence-electron chi connectivity index (χ1n) is 9.01. The number of hydrogen-bond acceptors (Lipinski definition) is 7. The molecule has 3 aromatic rings. The number of aromatic nitrogens is 2. The molecule has 0 unspecified atom stereocenters. The van der Waals surface area contributed by atoms with Crippen LogP contribution in [0.2, 0.25) is 5.02 Å². The van der Waals surface area contributed by atoms with Crippen molar-refractivity contribution >= 4 is 35.0 Å². The van der Waals surface area contributed by atoms with Crippen LogP contribution < -0.4 is 14.8 Å². The first-order chi connectivity index (χ1) is 14.1. The molecule has 0 radical (unpaired) electrons. The summed E-state index contributed by atoms with van der Waals surface area (Å²) in [6.07, 6.45) is 0.790. The third kappa shape index (κ3) is 4.65. The van der Waals surface area contributed by atoms with Gasteiger partial charge < -0.3 is 19.3 Å². The normalized spacial score (nSPS) is 13.0. The van der Waals surface area contributed by atoms with Gasteiger partial charge in [-0.15, -0.1) is 11.8 Å². The minimum absolute atomic E-state index is 0.272. The van der Waals surface area contributed by atoms with Gasteiger partial charge in [0.1, 0.15) is 0 Å². The molecule has 0 fully saturated rings. The molecule has 1 aliphatic heterocycles. The molecule has 2 heterocycles. The molecule has 0 aliphatic carbocycles. The van der Waals surface area contributed by atoms with E-state index < -0.39 is 0 Å². The zero-order chi connectivity index (χ0) is 20.2. The van der Waals surface area contributed by atoms with Crippen molar-refractivity contribution in [3.05, 3.63) is 58.7 Å². The number of carbonyl (C=O) groups is 1.